The molecule has 0 radical (unpaired) electrons. The molecule has 16 heavy (non-hydrogen) atoms. The van der Waals surface area contributed by atoms with Crippen molar-refractivity contribution >= 4 is 0 Å². The fourth-order valence-corrected chi connectivity index (χ4v) is 2.03. The molecule has 0 aromatic heterocycles. The number of likely N-dealkylation sites (tertiary alicyclic amines) is 1. The van der Waals surface area contributed by atoms with Crippen molar-refractivity contribution in [3.05, 3.63) is 0 Å². The fraction of sp³-hybridized carbons (Fsp3) is 1.00. The first kappa shape index (κ1) is 13.9. The summed E-state index contributed by atoms with van der Waals surface area (Å²) in [5, 5.41) is 0. The molecule has 1 atom stereocenters. The lowest BCUT2D eigenvalue weighted by Crippen LogP contribution is -2.39. The minimum atomic E-state index is -1.12. The maximum atomic E-state index is 12.7. The van der Waals surface area contributed by atoms with E-state index < -0.39 is 6.36 Å². The molecule has 1 aliphatic rings. The molecule has 0 saturated carbocycles. The lowest BCUT2D eigenvalue weighted by Gasteiger charge is -2.33. The minimum Gasteiger partial charge on any atom is -0.345 e. The van der Waals surface area contributed by atoms with Gasteiger partial charge in [-0.25, -0.2) is 4.39 Å². The van der Waals surface area contributed by atoms with E-state index in [9.17, 15) is 4.39 Å². The molecule has 3 heteroatoms. The molecule has 0 bridgehead atoms. The molecular weight excluding hydrogens is 205 g/mol. The molecule has 0 aliphatic carbocycles. The van der Waals surface area contributed by atoms with Crippen LogP contribution in [0.1, 0.15) is 47.0 Å². The molecule has 0 spiro atoms. The number of halogens is 1. The number of piperidine rings is 1. The first-order valence-corrected chi connectivity index (χ1v) is 6.39. The van der Waals surface area contributed by atoms with Crippen molar-refractivity contribution in [2.45, 2.75) is 59.4 Å². The van der Waals surface area contributed by atoms with Crippen molar-refractivity contribution in [3.63, 3.8) is 0 Å². The van der Waals surface area contributed by atoms with Gasteiger partial charge in [-0.1, -0.05) is 20.8 Å². The third kappa shape index (κ3) is 5.80. The van der Waals surface area contributed by atoms with E-state index in [4.69, 9.17) is 4.74 Å². The summed E-state index contributed by atoms with van der Waals surface area (Å²) < 4.78 is 17.8. The predicted molar refractivity (Wildman–Crippen MR) is 65.2 cm³/mol. The largest absolute Gasteiger partial charge is 0.345 e. The monoisotopic (exact) mass is 231 g/mol. The van der Waals surface area contributed by atoms with Crippen LogP contribution in [-0.2, 0) is 4.74 Å². The molecule has 0 aromatic rings. The summed E-state index contributed by atoms with van der Waals surface area (Å²) in [5.41, 5.74) is 0.404. The number of hydrogen-bond acceptors (Lipinski definition) is 2. The summed E-state index contributed by atoms with van der Waals surface area (Å²) in [4.78, 5) is 2.47. The average molecular weight is 231 g/mol. The Kier molecular flexibility index (Phi) is 5.19. The van der Waals surface area contributed by atoms with Gasteiger partial charge in [0.2, 0.25) is 0 Å². The topological polar surface area (TPSA) is 12.5 Å². The highest BCUT2D eigenvalue weighted by Crippen LogP contribution is 2.21. The van der Waals surface area contributed by atoms with Crippen LogP contribution in [0.2, 0.25) is 0 Å². The lowest BCUT2D eigenvalue weighted by molar-refractivity contribution is -0.0931. The molecule has 1 saturated heterocycles. The van der Waals surface area contributed by atoms with Gasteiger partial charge in [-0.3, -0.25) is 0 Å². The Bertz CT molecular complexity index is 193. The average Bonchev–Trinajstić information content (AvgIpc) is 2.14. The molecule has 0 amide bonds. The van der Waals surface area contributed by atoms with Crippen LogP contribution in [0.3, 0.4) is 0 Å². The fourth-order valence-electron chi connectivity index (χ4n) is 2.03. The Morgan fingerprint density at radius 3 is 2.31 bits per heavy atom. The quantitative estimate of drug-likeness (QED) is 0.736. The summed E-state index contributed by atoms with van der Waals surface area (Å²) >= 11 is 0. The highest BCUT2D eigenvalue weighted by molar-refractivity contribution is 4.74. The maximum Gasteiger partial charge on any atom is 0.196 e. The molecule has 0 aromatic carbocycles. The second kappa shape index (κ2) is 5.97. The standard InChI is InChI=1S/C13H26FNO/c1-11(14)16-12-5-8-15(9-6-12)10-7-13(2,3)4/h11-12H,5-10H2,1-4H3. The molecule has 1 fully saturated rings. The number of nitrogens with zero attached hydrogens (tertiary/aromatic N) is 1. The van der Waals surface area contributed by atoms with Gasteiger partial charge >= 0.3 is 0 Å². The molecule has 2 nitrogen and oxygen atoms in total. The van der Waals surface area contributed by atoms with Crippen molar-refractivity contribution in [3.8, 4) is 0 Å². The number of hydrogen-bond donors (Lipinski definition) is 0. The Morgan fingerprint density at radius 1 is 1.31 bits per heavy atom. The minimum absolute atomic E-state index is 0.130. The van der Waals surface area contributed by atoms with Crippen LogP contribution in [0.25, 0.3) is 0 Å². The van der Waals surface area contributed by atoms with E-state index in [0.717, 1.165) is 32.5 Å². The zero-order chi connectivity index (χ0) is 12.2. The molecule has 1 rings (SSSR count). The van der Waals surface area contributed by atoms with Crippen molar-refractivity contribution < 1.29 is 9.13 Å². The number of alkyl halides is 1. The molecular formula is C13H26FNO. The second-order valence-corrected chi connectivity index (χ2v) is 6.03. The van der Waals surface area contributed by atoms with Gasteiger partial charge in [-0.2, -0.15) is 0 Å². The lowest BCUT2D eigenvalue weighted by atomic mass is 9.91. The molecule has 1 heterocycles. The van der Waals surface area contributed by atoms with E-state index in [1.165, 1.54) is 13.3 Å². The highest BCUT2D eigenvalue weighted by atomic mass is 19.1. The summed E-state index contributed by atoms with van der Waals surface area (Å²) in [5.74, 6) is 0. The van der Waals surface area contributed by atoms with Crippen molar-refractivity contribution in [1.29, 1.82) is 0 Å². The molecule has 1 unspecified atom stereocenters. The number of rotatable bonds is 4. The summed E-state index contributed by atoms with van der Waals surface area (Å²) in [6.45, 7) is 11.5. The van der Waals surface area contributed by atoms with Gasteiger partial charge in [-0.15, -0.1) is 0 Å². The first-order chi connectivity index (χ1) is 7.37. The van der Waals surface area contributed by atoms with Gasteiger partial charge in [0, 0.05) is 13.1 Å². The van der Waals surface area contributed by atoms with Gasteiger partial charge in [0.1, 0.15) is 0 Å². The number of ether oxygens (including phenoxy) is 1. The zero-order valence-corrected chi connectivity index (χ0v) is 11.1. The van der Waals surface area contributed by atoms with Gasteiger partial charge in [0.25, 0.3) is 0 Å². The Hall–Kier alpha value is -0.150. The van der Waals surface area contributed by atoms with E-state index in [-0.39, 0.29) is 6.10 Å². The summed E-state index contributed by atoms with van der Waals surface area (Å²) in [6.07, 6.45) is 2.17. The highest BCUT2D eigenvalue weighted by Gasteiger charge is 2.22. The molecule has 0 N–H and O–H groups in total. The normalized spacial score (nSPS) is 22.3. The van der Waals surface area contributed by atoms with Crippen LogP contribution in [0.15, 0.2) is 0 Å². The van der Waals surface area contributed by atoms with Crippen LogP contribution < -0.4 is 0 Å². The maximum absolute atomic E-state index is 12.7. The summed E-state index contributed by atoms with van der Waals surface area (Å²) in [7, 11) is 0. The van der Waals surface area contributed by atoms with Crippen molar-refractivity contribution in [2.24, 2.45) is 5.41 Å². The zero-order valence-electron chi connectivity index (χ0n) is 11.1. The molecule has 96 valence electrons. The molecule has 1 aliphatic heterocycles. The second-order valence-electron chi connectivity index (χ2n) is 6.03. The van der Waals surface area contributed by atoms with E-state index >= 15 is 0 Å². The first-order valence-electron chi connectivity index (χ1n) is 6.39. The van der Waals surface area contributed by atoms with E-state index in [0.29, 0.717) is 5.41 Å². The third-order valence-electron chi connectivity index (χ3n) is 3.09. The Labute approximate surface area is 99.2 Å². The van der Waals surface area contributed by atoms with E-state index in [2.05, 4.69) is 25.7 Å². The van der Waals surface area contributed by atoms with Gasteiger partial charge in [-0.05, 0) is 38.1 Å². The van der Waals surface area contributed by atoms with Crippen LogP contribution in [-0.4, -0.2) is 37.0 Å². The van der Waals surface area contributed by atoms with E-state index in [1.54, 1.807) is 0 Å². The summed E-state index contributed by atoms with van der Waals surface area (Å²) in [6, 6.07) is 0. The van der Waals surface area contributed by atoms with Crippen LogP contribution in [0.5, 0.6) is 0 Å². The smallest absolute Gasteiger partial charge is 0.196 e. The van der Waals surface area contributed by atoms with Crippen LogP contribution in [0, 0.1) is 5.41 Å². The van der Waals surface area contributed by atoms with Gasteiger partial charge < -0.3 is 9.64 Å². The Morgan fingerprint density at radius 2 is 1.88 bits per heavy atom. The van der Waals surface area contributed by atoms with Crippen molar-refractivity contribution in [2.75, 3.05) is 19.6 Å². The predicted octanol–water partition coefficient (Wildman–Crippen LogP) is 3.22. The van der Waals surface area contributed by atoms with Crippen LogP contribution in [0.4, 0.5) is 4.39 Å². The third-order valence-corrected chi connectivity index (χ3v) is 3.09. The van der Waals surface area contributed by atoms with Gasteiger partial charge in [0.05, 0.1) is 6.10 Å². The van der Waals surface area contributed by atoms with Crippen molar-refractivity contribution in [1.82, 2.24) is 4.90 Å². The van der Waals surface area contributed by atoms with Gasteiger partial charge in [0.15, 0.2) is 6.36 Å². The SMILES string of the molecule is CC(F)OC1CCN(CCC(C)(C)C)CC1. The van der Waals surface area contributed by atoms with E-state index in [1.807, 2.05) is 0 Å². The van der Waals surface area contributed by atoms with Crippen LogP contribution >= 0.6 is 0 Å². The Balaban J connectivity index is 2.17.